The summed E-state index contributed by atoms with van der Waals surface area (Å²) in [5.41, 5.74) is -6.46. The number of carbonyl (C=O) groups is 4. The van der Waals surface area contributed by atoms with Crippen LogP contribution in [-0.4, -0.2) is 67.0 Å². The van der Waals surface area contributed by atoms with Gasteiger partial charge in [-0.25, -0.2) is 4.98 Å². The van der Waals surface area contributed by atoms with Gasteiger partial charge in [-0.1, -0.05) is 66.7 Å². The van der Waals surface area contributed by atoms with Gasteiger partial charge in [-0.15, -0.1) is 0 Å². The number of benzene rings is 3. The fourth-order valence-electron chi connectivity index (χ4n) is 5.97. The third kappa shape index (κ3) is 3.44. The summed E-state index contributed by atoms with van der Waals surface area (Å²) in [5, 5.41) is -2.54. The Balaban J connectivity index is 2.00. The van der Waals surface area contributed by atoms with E-state index in [9.17, 15) is 58.1 Å². The van der Waals surface area contributed by atoms with Crippen molar-refractivity contribution >= 4 is 64.4 Å². The molecule has 0 saturated heterocycles. The fourth-order valence-corrected chi connectivity index (χ4v) is 9.07. The zero-order chi connectivity index (χ0) is 32.2. The van der Waals surface area contributed by atoms with Crippen LogP contribution in [0.2, 0.25) is 0 Å². The lowest BCUT2D eigenvalue weighted by molar-refractivity contribution is 0.0818. The predicted molar refractivity (Wildman–Crippen MR) is 148 cm³/mol. The third-order valence-electron chi connectivity index (χ3n) is 7.69. The highest BCUT2D eigenvalue weighted by Gasteiger charge is 2.71. The number of hydrogen-bond acceptors (Lipinski definition) is 11. The second-order valence-corrected chi connectivity index (χ2v) is 14.3. The first-order valence-corrected chi connectivity index (χ1v) is 16.5. The van der Waals surface area contributed by atoms with Crippen LogP contribution in [0.4, 0.5) is 0 Å². The molecule has 3 aromatic carbocycles. The molecule has 0 fully saturated rings. The Hall–Kier alpha value is -4.52. The van der Waals surface area contributed by atoms with Crippen molar-refractivity contribution in [3.8, 4) is 0 Å². The van der Waals surface area contributed by atoms with E-state index < -0.39 is 112 Å². The molecule has 14 nitrogen and oxygen atoms in total. The van der Waals surface area contributed by atoms with Crippen LogP contribution in [0.25, 0.3) is 10.9 Å². The van der Waals surface area contributed by atoms with Crippen molar-refractivity contribution in [2.24, 2.45) is 0 Å². The maximum Gasteiger partial charge on any atom is 0.312 e. The van der Waals surface area contributed by atoms with E-state index in [2.05, 4.69) is 4.98 Å². The Morgan fingerprint density at radius 2 is 0.841 bits per heavy atom. The van der Waals surface area contributed by atoms with Gasteiger partial charge in [-0.2, -0.15) is 25.3 Å². The molecule has 1 aromatic heterocycles. The fraction of sp³-hybridized carbons (Fsp3) is 0.0741. The van der Waals surface area contributed by atoms with E-state index in [0.29, 0.717) is 0 Å². The average molecular weight is 658 g/mol. The minimum absolute atomic E-state index is 0.584. The van der Waals surface area contributed by atoms with Crippen molar-refractivity contribution in [3.63, 3.8) is 0 Å². The number of nitrogens with zero attached hydrogens (tertiary/aromatic N) is 1. The molecule has 6 rings (SSSR count). The first-order valence-electron chi connectivity index (χ1n) is 12.2. The largest absolute Gasteiger partial charge is 0.312 e. The molecular formula is C27H15NO13S3. The predicted octanol–water partition coefficient (Wildman–Crippen LogP) is 1.81. The molecule has 44 heavy (non-hydrogen) atoms. The molecule has 0 amide bonds. The Morgan fingerprint density at radius 1 is 0.500 bits per heavy atom. The van der Waals surface area contributed by atoms with Crippen LogP contribution in [0.5, 0.6) is 0 Å². The van der Waals surface area contributed by atoms with Gasteiger partial charge in [-0.3, -0.25) is 32.8 Å². The SMILES string of the molecule is O=C1c2ccccc2C(=O)C1(c1c(S(=O)(=O)O)nc2ccccc2c1C1(S(=O)(=O)O)C(=O)c2ccccc2C1=O)S(=O)(=O)O. The molecule has 224 valence electrons. The van der Waals surface area contributed by atoms with E-state index in [4.69, 9.17) is 0 Å². The van der Waals surface area contributed by atoms with Crippen LogP contribution in [0.1, 0.15) is 52.6 Å². The molecule has 2 aliphatic carbocycles. The van der Waals surface area contributed by atoms with Gasteiger partial charge in [0, 0.05) is 38.8 Å². The molecule has 1 heterocycles. The molecule has 0 spiro atoms. The third-order valence-corrected chi connectivity index (χ3v) is 11.2. The zero-order valence-electron chi connectivity index (χ0n) is 21.5. The minimum Gasteiger partial charge on any atom is -0.291 e. The average Bonchev–Trinajstić information content (AvgIpc) is 3.32. The number of aromatic nitrogens is 1. The van der Waals surface area contributed by atoms with Crippen molar-refractivity contribution in [2.75, 3.05) is 0 Å². The van der Waals surface area contributed by atoms with Gasteiger partial charge in [-0.05, 0) is 6.07 Å². The molecule has 2 aliphatic rings. The number of hydrogen-bond donors (Lipinski definition) is 3. The molecule has 0 unspecified atom stereocenters. The minimum atomic E-state index is -6.28. The first-order chi connectivity index (χ1) is 20.4. The van der Waals surface area contributed by atoms with Crippen molar-refractivity contribution < 1.29 is 58.1 Å². The maximum absolute atomic E-state index is 14.1. The molecule has 17 heteroatoms. The van der Waals surface area contributed by atoms with Crippen LogP contribution in [0, 0.1) is 0 Å². The summed E-state index contributed by atoms with van der Waals surface area (Å²) in [6.07, 6.45) is 0. The molecule has 4 aromatic rings. The van der Waals surface area contributed by atoms with Crippen molar-refractivity contribution in [2.45, 2.75) is 14.5 Å². The highest BCUT2D eigenvalue weighted by molar-refractivity contribution is 7.89. The number of ketones is 4. The van der Waals surface area contributed by atoms with E-state index in [1.807, 2.05) is 0 Å². The molecular weight excluding hydrogens is 642 g/mol. The van der Waals surface area contributed by atoms with E-state index >= 15 is 0 Å². The van der Waals surface area contributed by atoms with Gasteiger partial charge >= 0.3 is 10.1 Å². The van der Waals surface area contributed by atoms with Crippen LogP contribution < -0.4 is 0 Å². The van der Waals surface area contributed by atoms with Gasteiger partial charge in [0.05, 0.1) is 5.52 Å². The van der Waals surface area contributed by atoms with E-state index in [1.54, 1.807) is 0 Å². The van der Waals surface area contributed by atoms with Crippen LogP contribution in [-0.2, 0) is 39.8 Å². The molecule has 3 N–H and O–H groups in total. The highest BCUT2D eigenvalue weighted by atomic mass is 32.2. The zero-order valence-corrected chi connectivity index (χ0v) is 24.0. The number of pyridine rings is 1. The molecule has 0 bridgehead atoms. The second kappa shape index (κ2) is 9.00. The summed E-state index contributed by atoms with van der Waals surface area (Å²) < 4.78 is 103. The van der Waals surface area contributed by atoms with E-state index in [-0.39, 0.29) is 0 Å². The summed E-state index contributed by atoms with van der Waals surface area (Å²) in [6, 6.07) is 13.0. The van der Waals surface area contributed by atoms with Crippen LogP contribution in [0.15, 0.2) is 77.8 Å². The topological polar surface area (TPSA) is 244 Å². The number of fused-ring (bicyclic) bond motifs is 3. The number of rotatable bonds is 5. The van der Waals surface area contributed by atoms with Crippen LogP contribution in [0.3, 0.4) is 0 Å². The Labute approximate surface area is 247 Å². The van der Waals surface area contributed by atoms with Crippen LogP contribution >= 0.6 is 0 Å². The smallest absolute Gasteiger partial charge is 0.291 e. The number of para-hydroxylation sites is 1. The summed E-state index contributed by atoms with van der Waals surface area (Å²) in [6.45, 7) is 0. The molecule has 0 radical (unpaired) electrons. The number of Topliss-reactive ketones (excluding diaryl/α,β-unsaturated/α-hetero) is 4. The van der Waals surface area contributed by atoms with Gasteiger partial charge in [0.25, 0.3) is 20.2 Å². The summed E-state index contributed by atoms with van der Waals surface area (Å²) in [7, 11) is -18.4. The molecule has 0 atom stereocenters. The monoisotopic (exact) mass is 657 g/mol. The van der Waals surface area contributed by atoms with Gasteiger partial charge < -0.3 is 0 Å². The second-order valence-electron chi connectivity index (χ2n) is 9.88. The van der Waals surface area contributed by atoms with E-state index in [1.165, 1.54) is 30.3 Å². The lowest BCUT2D eigenvalue weighted by Gasteiger charge is -2.33. The van der Waals surface area contributed by atoms with Crippen molar-refractivity contribution in [1.29, 1.82) is 0 Å². The van der Waals surface area contributed by atoms with Gasteiger partial charge in [0.15, 0.2) is 28.2 Å². The lowest BCUT2D eigenvalue weighted by Crippen LogP contribution is -2.53. The lowest BCUT2D eigenvalue weighted by atomic mass is 9.80. The van der Waals surface area contributed by atoms with Gasteiger partial charge in [0.2, 0.25) is 9.49 Å². The quantitative estimate of drug-likeness (QED) is 0.205. The number of carbonyl (C=O) groups excluding carboxylic acids is 4. The van der Waals surface area contributed by atoms with Crippen molar-refractivity contribution in [1.82, 2.24) is 4.98 Å². The molecule has 0 saturated carbocycles. The van der Waals surface area contributed by atoms with Gasteiger partial charge in [0.1, 0.15) is 0 Å². The Morgan fingerprint density at radius 3 is 1.20 bits per heavy atom. The summed E-state index contributed by atoms with van der Waals surface area (Å²) >= 11 is 0. The first kappa shape index (κ1) is 29.5. The van der Waals surface area contributed by atoms with E-state index in [0.717, 1.165) is 42.5 Å². The molecule has 0 aliphatic heterocycles. The Kier molecular flexibility index (Phi) is 6.05. The summed E-state index contributed by atoms with van der Waals surface area (Å²) in [5.74, 6) is -7.05. The normalized spacial score (nSPS) is 17.6. The maximum atomic E-state index is 14.1. The Bertz CT molecular complexity index is 2330. The van der Waals surface area contributed by atoms with Crippen molar-refractivity contribution in [3.05, 3.63) is 106 Å². The standard InChI is InChI=1S/C27H15NO13S3/c29-21-13-7-1-2-8-14(13)22(30)26(21,43(36,37)38)19-17-11-5-6-12-18(17)28-25(42(33,34)35)20(19)27(44(39,40)41)23(31)15-9-3-4-10-16(15)24(27)32/h1-12H,(H,33,34,35)(H,36,37,38)(H,39,40,41). The summed E-state index contributed by atoms with van der Waals surface area (Å²) in [4.78, 5) is 60.0. The highest BCUT2D eigenvalue weighted by Crippen LogP contribution is 2.54.